The molecular weight excluding hydrogens is 510 g/mol. The first-order valence-corrected chi connectivity index (χ1v) is 9.42. The molecule has 2 heterocycles. The maximum Gasteiger partial charge on any atom is 0.387 e. The Morgan fingerprint density at radius 1 is 1.23 bits per heavy atom. The van der Waals surface area contributed by atoms with Crippen LogP contribution in [0.3, 0.4) is 0 Å². The van der Waals surface area contributed by atoms with E-state index in [0.717, 1.165) is 31.7 Å². The third-order valence-corrected chi connectivity index (χ3v) is 4.76. The first-order valence-electron chi connectivity index (χ1n) is 9.42. The summed E-state index contributed by atoms with van der Waals surface area (Å²) in [6, 6.07) is 9.89. The predicted octanol–water partition coefficient (Wildman–Crippen LogP) is 3.77. The van der Waals surface area contributed by atoms with Gasteiger partial charge in [-0.1, -0.05) is 12.1 Å². The molecule has 0 bridgehead atoms. The third-order valence-electron chi connectivity index (χ3n) is 4.76. The van der Waals surface area contributed by atoms with Crippen LogP contribution in [0.25, 0.3) is 0 Å². The number of rotatable bonds is 6. The monoisotopic (exact) mass is 535 g/mol. The van der Waals surface area contributed by atoms with Crippen molar-refractivity contribution in [3.8, 4) is 5.75 Å². The number of aromatic nitrogens is 1. The Morgan fingerprint density at radius 2 is 2.00 bits per heavy atom. The zero-order valence-corrected chi connectivity index (χ0v) is 18.9. The third kappa shape index (κ3) is 6.64. The topological polar surface area (TPSA) is 61.8 Å². The normalized spacial score (nSPS) is 15.0. The molecule has 0 aliphatic carbocycles. The van der Waals surface area contributed by atoms with Gasteiger partial charge in [-0.05, 0) is 37.1 Å². The van der Waals surface area contributed by atoms with Gasteiger partial charge < -0.3 is 20.3 Å². The summed E-state index contributed by atoms with van der Waals surface area (Å²) in [5.74, 6) is 0.633. The van der Waals surface area contributed by atoms with Crippen LogP contribution in [0, 0.1) is 5.82 Å². The van der Waals surface area contributed by atoms with Gasteiger partial charge in [0.1, 0.15) is 17.4 Å². The van der Waals surface area contributed by atoms with E-state index < -0.39 is 12.4 Å². The van der Waals surface area contributed by atoms with Crippen LogP contribution in [-0.2, 0) is 6.54 Å². The van der Waals surface area contributed by atoms with Crippen molar-refractivity contribution in [3.63, 3.8) is 0 Å². The highest BCUT2D eigenvalue weighted by atomic mass is 127. The number of hydrogen-bond acceptors (Lipinski definition) is 4. The number of guanidine groups is 1. The van der Waals surface area contributed by atoms with Gasteiger partial charge in [0.05, 0.1) is 0 Å². The molecule has 6 nitrogen and oxygen atoms in total. The van der Waals surface area contributed by atoms with E-state index >= 15 is 0 Å². The number of anilines is 1. The van der Waals surface area contributed by atoms with Crippen molar-refractivity contribution < 1.29 is 17.9 Å². The average Bonchev–Trinajstić information content (AvgIpc) is 2.73. The second-order valence-corrected chi connectivity index (χ2v) is 6.61. The van der Waals surface area contributed by atoms with E-state index in [-0.39, 0.29) is 47.9 Å². The second kappa shape index (κ2) is 11.8. The molecule has 3 rings (SSSR count). The molecule has 0 saturated carbocycles. The molecule has 1 aliphatic heterocycles. The van der Waals surface area contributed by atoms with Crippen LogP contribution in [0.15, 0.2) is 47.6 Å². The molecule has 1 aromatic heterocycles. The van der Waals surface area contributed by atoms with Gasteiger partial charge in [0.25, 0.3) is 0 Å². The summed E-state index contributed by atoms with van der Waals surface area (Å²) in [6.07, 6.45) is 3.55. The van der Waals surface area contributed by atoms with Crippen LogP contribution in [0.5, 0.6) is 5.75 Å². The molecule has 1 fully saturated rings. The molecule has 0 radical (unpaired) electrons. The number of pyridine rings is 1. The lowest BCUT2D eigenvalue weighted by atomic mass is 10.1. The van der Waals surface area contributed by atoms with E-state index in [2.05, 4.69) is 30.2 Å². The van der Waals surface area contributed by atoms with Crippen molar-refractivity contribution in [2.45, 2.75) is 32.0 Å². The molecule has 0 unspecified atom stereocenters. The largest absolute Gasteiger partial charge is 0.434 e. The molecule has 2 aromatic rings. The minimum absolute atomic E-state index is 0. The predicted molar refractivity (Wildman–Crippen MR) is 121 cm³/mol. The number of nitrogens with zero attached hydrogens (tertiary/aromatic N) is 3. The molecule has 0 spiro atoms. The highest BCUT2D eigenvalue weighted by molar-refractivity contribution is 14.0. The first-order chi connectivity index (χ1) is 14.1. The van der Waals surface area contributed by atoms with E-state index in [0.29, 0.717) is 5.96 Å². The molecule has 1 saturated heterocycles. The fourth-order valence-corrected chi connectivity index (χ4v) is 3.27. The Kier molecular flexibility index (Phi) is 9.47. The standard InChI is InChI=1S/C20H24F3N5O.HI/c1-24-20(26-13-15-16(21)5-4-6-17(15)29-19(22)23)27-14-8-11-28(12-9-14)18-7-2-3-10-25-18;/h2-7,10,14,19H,8-9,11-13H2,1H3,(H2,24,26,27);1H. The van der Waals surface area contributed by atoms with E-state index in [1.54, 1.807) is 13.2 Å². The number of benzene rings is 1. The molecule has 2 N–H and O–H groups in total. The average molecular weight is 535 g/mol. The van der Waals surface area contributed by atoms with Crippen LogP contribution in [0.4, 0.5) is 19.0 Å². The highest BCUT2D eigenvalue weighted by Gasteiger charge is 2.21. The lowest BCUT2D eigenvalue weighted by molar-refractivity contribution is -0.0506. The van der Waals surface area contributed by atoms with E-state index in [9.17, 15) is 13.2 Å². The summed E-state index contributed by atoms with van der Waals surface area (Å²) >= 11 is 0. The van der Waals surface area contributed by atoms with Crippen LogP contribution in [0.1, 0.15) is 18.4 Å². The Bertz CT molecular complexity index is 817. The summed E-state index contributed by atoms with van der Waals surface area (Å²) in [4.78, 5) is 10.7. The number of hydrogen-bond donors (Lipinski definition) is 2. The molecule has 0 atom stereocenters. The quantitative estimate of drug-likeness (QED) is 0.335. The zero-order valence-electron chi connectivity index (χ0n) is 16.5. The van der Waals surface area contributed by atoms with Crippen molar-refractivity contribution >= 4 is 35.8 Å². The summed E-state index contributed by atoms with van der Waals surface area (Å²) < 4.78 is 43.6. The van der Waals surface area contributed by atoms with Gasteiger partial charge in [0.15, 0.2) is 5.96 Å². The Labute approximate surface area is 190 Å². The molecule has 1 aromatic carbocycles. The molecule has 1 aliphatic rings. The van der Waals surface area contributed by atoms with Crippen LogP contribution in [-0.4, -0.2) is 43.7 Å². The number of aliphatic imine (C=N–C) groups is 1. The van der Waals surface area contributed by atoms with Crippen molar-refractivity contribution in [1.29, 1.82) is 0 Å². The number of halogens is 4. The number of piperidine rings is 1. The Balaban J connectivity index is 0.00000320. The smallest absolute Gasteiger partial charge is 0.387 e. The molecule has 10 heteroatoms. The maximum absolute atomic E-state index is 14.1. The summed E-state index contributed by atoms with van der Waals surface area (Å²) in [7, 11) is 1.61. The van der Waals surface area contributed by atoms with Crippen molar-refractivity contribution in [2.75, 3.05) is 25.0 Å². The van der Waals surface area contributed by atoms with Crippen molar-refractivity contribution in [3.05, 3.63) is 54.0 Å². The van der Waals surface area contributed by atoms with Gasteiger partial charge in [0.2, 0.25) is 0 Å². The molecular formula is C20H25F3IN5O. The van der Waals surface area contributed by atoms with Gasteiger partial charge in [-0.2, -0.15) is 8.78 Å². The first kappa shape index (κ1) is 24.0. The number of alkyl halides is 2. The lowest BCUT2D eigenvalue weighted by Gasteiger charge is -2.33. The van der Waals surface area contributed by atoms with Gasteiger partial charge >= 0.3 is 6.61 Å². The van der Waals surface area contributed by atoms with Crippen LogP contribution >= 0.6 is 24.0 Å². The minimum atomic E-state index is -3.02. The summed E-state index contributed by atoms with van der Waals surface area (Å²) in [5.41, 5.74) is 0.0284. The van der Waals surface area contributed by atoms with Crippen molar-refractivity contribution in [1.82, 2.24) is 15.6 Å². The van der Waals surface area contributed by atoms with E-state index in [1.807, 2.05) is 18.2 Å². The summed E-state index contributed by atoms with van der Waals surface area (Å²) in [5, 5.41) is 6.29. The summed E-state index contributed by atoms with van der Waals surface area (Å²) in [6.45, 7) is -1.34. The van der Waals surface area contributed by atoms with Gasteiger partial charge in [0, 0.05) is 44.5 Å². The number of ether oxygens (including phenoxy) is 1. The molecule has 30 heavy (non-hydrogen) atoms. The highest BCUT2D eigenvalue weighted by Crippen LogP contribution is 2.23. The van der Waals surface area contributed by atoms with E-state index in [4.69, 9.17) is 0 Å². The zero-order chi connectivity index (χ0) is 20.6. The minimum Gasteiger partial charge on any atom is -0.434 e. The van der Waals surface area contributed by atoms with Gasteiger partial charge in [-0.25, -0.2) is 9.37 Å². The SMILES string of the molecule is CN=C(NCc1c(F)cccc1OC(F)F)NC1CCN(c2ccccn2)CC1.I. The maximum atomic E-state index is 14.1. The second-order valence-electron chi connectivity index (χ2n) is 6.61. The Morgan fingerprint density at radius 3 is 2.63 bits per heavy atom. The van der Waals surface area contributed by atoms with Gasteiger partial charge in [-0.3, -0.25) is 4.99 Å². The molecule has 0 amide bonds. The van der Waals surface area contributed by atoms with E-state index in [1.165, 1.54) is 18.2 Å². The fourth-order valence-electron chi connectivity index (χ4n) is 3.27. The lowest BCUT2D eigenvalue weighted by Crippen LogP contribution is -2.48. The van der Waals surface area contributed by atoms with Crippen LogP contribution in [0.2, 0.25) is 0 Å². The molecule has 164 valence electrons. The fraction of sp³-hybridized carbons (Fsp3) is 0.400. The Hall–Kier alpha value is -2.24. The van der Waals surface area contributed by atoms with Crippen molar-refractivity contribution in [2.24, 2.45) is 4.99 Å². The van der Waals surface area contributed by atoms with Crippen LogP contribution < -0.4 is 20.3 Å². The number of nitrogens with one attached hydrogen (secondary N) is 2. The van der Waals surface area contributed by atoms with Gasteiger partial charge in [-0.15, -0.1) is 24.0 Å².